The normalized spacial score (nSPS) is 17.4. The van der Waals surface area contributed by atoms with Crippen molar-refractivity contribution in [1.29, 1.82) is 0 Å². The molecule has 3 heteroatoms. The summed E-state index contributed by atoms with van der Waals surface area (Å²) in [7, 11) is 0. The minimum absolute atomic E-state index is 0.100. The summed E-state index contributed by atoms with van der Waals surface area (Å²) in [5.41, 5.74) is 2.07. The highest BCUT2D eigenvalue weighted by atomic mass is 16.3. The molecule has 0 unspecified atom stereocenters. The molecule has 1 aliphatic rings. The second kappa shape index (κ2) is 6.90. The summed E-state index contributed by atoms with van der Waals surface area (Å²) < 4.78 is 0. The van der Waals surface area contributed by atoms with Crippen LogP contribution in [0.25, 0.3) is 0 Å². The van der Waals surface area contributed by atoms with E-state index >= 15 is 0 Å². The second-order valence-electron chi connectivity index (χ2n) is 5.83. The molecule has 0 aromatic carbocycles. The molecule has 1 saturated heterocycles. The van der Waals surface area contributed by atoms with Crippen molar-refractivity contribution < 1.29 is 5.11 Å². The van der Waals surface area contributed by atoms with Gasteiger partial charge in [-0.25, -0.2) is 4.98 Å². The van der Waals surface area contributed by atoms with E-state index in [-0.39, 0.29) is 6.61 Å². The highest BCUT2D eigenvalue weighted by molar-refractivity contribution is 5.43. The smallest absolute Gasteiger partial charge is 0.129 e. The Morgan fingerprint density at radius 1 is 1.11 bits per heavy atom. The van der Waals surface area contributed by atoms with Gasteiger partial charge in [0.1, 0.15) is 5.82 Å². The summed E-state index contributed by atoms with van der Waals surface area (Å²) in [5.74, 6) is 1.46. The summed E-state index contributed by atoms with van der Waals surface area (Å²) in [6.07, 6.45) is 6.53. The number of aliphatic hydroxyl groups excluding tert-OH is 1. The Morgan fingerprint density at radius 3 is 2.32 bits per heavy atom. The van der Waals surface area contributed by atoms with Crippen LogP contribution in [0, 0.1) is 0 Å². The molecule has 0 saturated carbocycles. The Balaban J connectivity index is 2.23. The predicted molar refractivity (Wildman–Crippen MR) is 79.5 cm³/mol. The Hall–Kier alpha value is -1.09. The lowest BCUT2D eigenvalue weighted by Crippen LogP contribution is -2.28. The lowest BCUT2D eigenvalue weighted by molar-refractivity contribution is 0.281. The minimum atomic E-state index is 0.100. The van der Waals surface area contributed by atoms with Gasteiger partial charge in [-0.1, -0.05) is 33.1 Å². The van der Waals surface area contributed by atoms with Gasteiger partial charge in [0.05, 0.1) is 6.61 Å². The molecule has 0 amide bonds. The average molecular weight is 262 g/mol. The van der Waals surface area contributed by atoms with Crippen LogP contribution in [-0.4, -0.2) is 23.2 Å². The van der Waals surface area contributed by atoms with Gasteiger partial charge in [-0.2, -0.15) is 0 Å². The van der Waals surface area contributed by atoms with Crippen LogP contribution in [0.2, 0.25) is 0 Å². The highest BCUT2D eigenvalue weighted by Gasteiger charge is 2.13. The summed E-state index contributed by atoms with van der Waals surface area (Å²) in [6.45, 7) is 6.60. The molecule has 1 aromatic rings. The van der Waals surface area contributed by atoms with Gasteiger partial charge in [-0.3, -0.25) is 0 Å². The maximum absolute atomic E-state index is 9.42. The third kappa shape index (κ3) is 3.93. The highest BCUT2D eigenvalue weighted by Crippen LogP contribution is 2.22. The van der Waals surface area contributed by atoms with Crippen molar-refractivity contribution in [3.63, 3.8) is 0 Å². The van der Waals surface area contributed by atoms with Crippen molar-refractivity contribution in [2.75, 3.05) is 18.0 Å². The molecule has 0 radical (unpaired) electrons. The maximum atomic E-state index is 9.42. The van der Waals surface area contributed by atoms with Crippen LogP contribution in [0.5, 0.6) is 0 Å². The predicted octanol–water partition coefficient (Wildman–Crippen LogP) is 3.47. The van der Waals surface area contributed by atoms with Crippen LogP contribution in [-0.2, 0) is 6.61 Å². The van der Waals surface area contributed by atoms with E-state index in [1.54, 1.807) is 0 Å². The molecule has 3 nitrogen and oxygen atoms in total. The van der Waals surface area contributed by atoms with Gasteiger partial charge >= 0.3 is 0 Å². The fraction of sp³-hybridized carbons (Fsp3) is 0.688. The van der Waals surface area contributed by atoms with Crippen molar-refractivity contribution in [3.8, 4) is 0 Å². The molecular formula is C16H26N2O. The van der Waals surface area contributed by atoms with Crippen molar-refractivity contribution in [2.45, 2.75) is 58.5 Å². The number of nitrogens with zero attached hydrogens (tertiary/aromatic N) is 2. The van der Waals surface area contributed by atoms with Crippen molar-refractivity contribution in [1.82, 2.24) is 4.98 Å². The van der Waals surface area contributed by atoms with Gasteiger partial charge in [-0.15, -0.1) is 0 Å². The van der Waals surface area contributed by atoms with Gasteiger partial charge in [0.15, 0.2) is 0 Å². The first-order chi connectivity index (χ1) is 9.20. The summed E-state index contributed by atoms with van der Waals surface area (Å²) in [6, 6.07) is 4.08. The lowest BCUT2D eigenvalue weighted by atomic mass is 10.1. The van der Waals surface area contributed by atoms with Gasteiger partial charge in [0.2, 0.25) is 0 Å². The Labute approximate surface area is 116 Å². The third-order valence-corrected chi connectivity index (χ3v) is 3.85. The van der Waals surface area contributed by atoms with E-state index < -0.39 is 0 Å². The molecule has 2 rings (SSSR count). The zero-order valence-corrected chi connectivity index (χ0v) is 12.2. The number of hydrogen-bond acceptors (Lipinski definition) is 3. The quantitative estimate of drug-likeness (QED) is 0.906. The van der Waals surface area contributed by atoms with Crippen LogP contribution in [0.1, 0.15) is 63.1 Å². The number of aliphatic hydroxyl groups is 1. The number of pyridine rings is 1. The van der Waals surface area contributed by atoms with Crippen LogP contribution in [0.4, 0.5) is 5.82 Å². The van der Waals surface area contributed by atoms with Gasteiger partial charge in [-0.05, 0) is 36.5 Å². The first-order valence-electron chi connectivity index (χ1n) is 7.57. The molecule has 0 bridgehead atoms. The van der Waals surface area contributed by atoms with Crippen molar-refractivity contribution in [2.24, 2.45) is 0 Å². The zero-order chi connectivity index (χ0) is 13.7. The van der Waals surface area contributed by atoms with Crippen LogP contribution >= 0.6 is 0 Å². The average Bonchev–Trinajstić information content (AvgIpc) is 2.37. The van der Waals surface area contributed by atoms with Crippen molar-refractivity contribution in [3.05, 3.63) is 23.4 Å². The van der Waals surface area contributed by atoms with E-state index in [2.05, 4.69) is 18.7 Å². The molecule has 2 heterocycles. The molecular weight excluding hydrogens is 236 g/mol. The maximum Gasteiger partial charge on any atom is 0.129 e. The number of aromatic nitrogens is 1. The van der Waals surface area contributed by atoms with E-state index in [0.29, 0.717) is 5.92 Å². The fourth-order valence-corrected chi connectivity index (χ4v) is 2.62. The molecule has 106 valence electrons. The van der Waals surface area contributed by atoms with E-state index in [9.17, 15) is 5.11 Å². The zero-order valence-electron chi connectivity index (χ0n) is 12.2. The summed E-state index contributed by atoms with van der Waals surface area (Å²) in [4.78, 5) is 7.18. The molecule has 0 aliphatic carbocycles. The van der Waals surface area contributed by atoms with Crippen LogP contribution in [0.3, 0.4) is 0 Å². The molecule has 0 atom stereocenters. The Bertz CT molecular complexity index is 396. The molecule has 0 spiro atoms. The number of rotatable bonds is 3. The first kappa shape index (κ1) is 14.3. The van der Waals surface area contributed by atoms with E-state index in [0.717, 1.165) is 30.2 Å². The summed E-state index contributed by atoms with van der Waals surface area (Å²) >= 11 is 0. The first-order valence-corrected chi connectivity index (χ1v) is 7.57. The molecule has 19 heavy (non-hydrogen) atoms. The van der Waals surface area contributed by atoms with Gasteiger partial charge in [0.25, 0.3) is 0 Å². The SMILES string of the molecule is CC(C)c1cc(CO)cc(N2CCCCCCC2)n1. The van der Waals surface area contributed by atoms with Crippen LogP contribution in [0.15, 0.2) is 12.1 Å². The van der Waals surface area contributed by atoms with E-state index in [4.69, 9.17) is 4.98 Å². The Kier molecular flexibility index (Phi) is 5.20. The number of hydrogen-bond donors (Lipinski definition) is 1. The molecule has 1 aromatic heterocycles. The fourth-order valence-electron chi connectivity index (χ4n) is 2.62. The summed E-state index contributed by atoms with van der Waals surface area (Å²) in [5, 5.41) is 9.42. The second-order valence-corrected chi connectivity index (χ2v) is 5.83. The van der Waals surface area contributed by atoms with Crippen LogP contribution < -0.4 is 4.90 Å². The number of anilines is 1. The monoisotopic (exact) mass is 262 g/mol. The molecule has 1 fully saturated rings. The molecule has 1 aliphatic heterocycles. The van der Waals surface area contributed by atoms with Gasteiger partial charge in [0, 0.05) is 18.8 Å². The topological polar surface area (TPSA) is 36.4 Å². The van der Waals surface area contributed by atoms with Gasteiger partial charge < -0.3 is 10.0 Å². The Morgan fingerprint density at radius 2 is 1.74 bits per heavy atom. The van der Waals surface area contributed by atoms with E-state index in [1.807, 2.05) is 12.1 Å². The standard InChI is InChI=1S/C16H26N2O/c1-13(2)15-10-14(12-19)11-16(17-15)18-8-6-4-3-5-7-9-18/h10-11,13,19H,3-9,12H2,1-2H3. The lowest BCUT2D eigenvalue weighted by Gasteiger charge is -2.27. The van der Waals surface area contributed by atoms with E-state index in [1.165, 1.54) is 32.1 Å². The largest absolute Gasteiger partial charge is 0.392 e. The van der Waals surface area contributed by atoms with Crippen molar-refractivity contribution >= 4 is 5.82 Å². The molecule has 1 N–H and O–H groups in total. The third-order valence-electron chi connectivity index (χ3n) is 3.85. The minimum Gasteiger partial charge on any atom is -0.392 e.